The van der Waals surface area contributed by atoms with E-state index in [0.717, 1.165) is 0 Å². The second-order valence-corrected chi connectivity index (χ2v) is 3.51. The van der Waals surface area contributed by atoms with Gasteiger partial charge in [0.25, 0.3) is 5.91 Å². The topological polar surface area (TPSA) is 95.2 Å². The minimum Gasteiger partial charge on any atom is -0.856 e. The molecule has 1 aromatic carbocycles. The molecular formula is C11H9FN5NaO2. The number of halogens is 1. The number of carbonyl (C=O) groups excluding carboxylic acids is 1. The van der Waals surface area contributed by atoms with Crippen LogP contribution in [0.1, 0.15) is 16.1 Å². The molecule has 1 N–H and O–H groups in total. The number of aromatic nitrogens is 3. The van der Waals surface area contributed by atoms with Crippen LogP contribution < -0.4 is 40.0 Å². The summed E-state index contributed by atoms with van der Waals surface area (Å²) in [5, 5.41) is 24.5. The monoisotopic (exact) mass is 285 g/mol. The average Bonchev–Trinajstić information content (AvgIpc) is 2.79. The zero-order chi connectivity index (χ0) is 13.8. The van der Waals surface area contributed by atoms with E-state index in [2.05, 4.69) is 20.7 Å². The molecule has 0 aliphatic rings. The van der Waals surface area contributed by atoms with Crippen molar-refractivity contribution in [2.45, 2.75) is 0 Å². The second-order valence-electron chi connectivity index (χ2n) is 3.51. The van der Waals surface area contributed by atoms with Crippen molar-refractivity contribution in [2.75, 3.05) is 7.05 Å². The average molecular weight is 285 g/mol. The number of benzene rings is 1. The SMILES string of the molecule is CNC(=O)c1nnn(N=Cc2ccc(F)cc2)c1[O-].[Na+]. The van der Waals surface area contributed by atoms with Crippen molar-refractivity contribution in [3.8, 4) is 5.88 Å². The van der Waals surface area contributed by atoms with E-state index in [1.807, 2.05) is 0 Å². The molecule has 0 bridgehead atoms. The van der Waals surface area contributed by atoms with E-state index in [1.165, 1.54) is 37.5 Å². The van der Waals surface area contributed by atoms with Gasteiger partial charge in [0, 0.05) is 12.9 Å². The Kier molecular flexibility index (Phi) is 5.81. The van der Waals surface area contributed by atoms with E-state index >= 15 is 0 Å². The summed E-state index contributed by atoms with van der Waals surface area (Å²) in [6, 6.07) is 5.49. The molecule has 0 radical (unpaired) electrons. The van der Waals surface area contributed by atoms with Gasteiger partial charge in [-0.15, -0.1) is 9.89 Å². The molecular weight excluding hydrogens is 276 g/mol. The first kappa shape index (κ1) is 16.3. The Hall–Kier alpha value is -1.77. The van der Waals surface area contributed by atoms with E-state index in [0.29, 0.717) is 10.4 Å². The summed E-state index contributed by atoms with van der Waals surface area (Å²) in [5.74, 6) is -1.73. The maximum atomic E-state index is 12.7. The molecule has 0 unspecified atom stereocenters. The molecule has 2 rings (SSSR count). The molecule has 0 aliphatic carbocycles. The molecule has 2 aromatic rings. The van der Waals surface area contributed by atoms with Gasteiger partial charge in [-0.3, -0.25) is 4.79 Å². The van der Waals surface area contributed by atoms with E-state index in [4.69, 9.17) is 0 Å². The van der Waals surface area contributed by atoms with Gasteiger partial charge in [-0.2, -0.15) is 5.10 Å². The maximum absolute atomic E-state index is 12.7. The third kappa shape index (κ3) is 3.62. The number of hydrogen-bond donors (Lipinski definition) is 1. The molecule has 7 nitrogen and oxygen atoms in total. The van der Waals surface area contributed by atoms with Gasteiger partial charge in [-0.05, 0) is 22.9 Å². The first-order valence-electron chi connectivity index (χ1n) is 5.26. The first-order valence-corrected chi connectivity index (χ1v) is 5.26. The van der Waals surface area contributed by atoms with Gasteiger partial charge in [0.2, 0.25) is 0 Å². The fraction of sp³-hybridized carbons (Fsp3) is 0.0909. The summed E-state index contributed by atoms with van der Waals surface area (Å²) >= 11 is 0. The number of nitrogens with zero attached hydrogens (tertiary/aromatic N) is 4. The molecule has 98 valence electrons. The van der Waals surface area contributed by atoms with E-state index < -0.39 is 11.8 Å². The number of carbonyl (C=O) groups is 1. The summed E-state index contributed by atoms with van der Waals surface area (Å²) in [7, 11) is 1.38. The Balaban J connectivity index is 0.00000200. The van der Waals surface area contributed by atoms with Crippen LogP contribution in [-0.2, 0) is 0 Å². The number of nitrogens with one attached hydrogen (secondary N) is 1. The van der Waals surface area contributed by atoms with Crippen LogP contribution in [0.4, 0.5) is 4.39 Å². The Bertz CT molecular complexity index is 626. The number of hydrogen-bond acceptors (Lipinski definition) is 5. The summed E-state index contributed by atoms with van der Waals surface area (Å²) < 4.78 is 12.7. The van der Waals surface area contributed by atoms with Crippen molar-refractivity contribution < 1.29 is 43.8 Å². The van der Waals surface area contributed by atoms with Crippen molar-refractivity contribution in [3.05, 3.63) is 41.3 Å². The fourth-order valence-electron chi connectivity index (χ4n) is 1.27. The third-order valence-corrected chi connectivity index (χ3v) is 2.24. The van der Waals surface area contributed by atoms with Gasteiger partial charge in [0.1, 0.15) is 5.82 Å². The molecule has 0 saturated carbocycles. The van der Waals surface area contributed by atoms with Crippen LogP contribution in [0.25, 0.3) is 0 Å². The Morgan fingerprint density at radius 1 is 1.45 bits per heavy atom. The molecule has 9 heteroatoms. The number of amides is 1. The second kappa shape index (κ2) is 7.13. The van der Waals surface area contributed by atoms with Crippen molar-refractivity contribution in [2.24, 2.45) is 5.10 Å². The minimum atomic E-state index is -0.724. The molecule has 0 fully saturated rings. The smallest absolute Gasteiger partial charge is 0.856 e. The summed E-state index contributed by atoms with van der Waals surface area (Å²) in [4.78, 5) is 11.9. The molecule has 20 heavy (non-hydrogen) atoms. The van der Waals surface area contributed by atoms with Crippen LogP contribution in [-0.4, -0.2) is 34.3 Å². The molecule has 1 heterocycles. The van der Waals surface area contributed by atoms with Crippen LogP contribution in [0.5, 0.6) is 5.88 Å². The van der Waals surface area contributed by atoms with Crippen molar-refractivity contribution in [3.63, 3.8) is 0 Å². The van der Waals surface area contributed by atoms with Crippen LogP contribution in [0.2, 0.25) is 0 Å². The van der Waals surface area contributed by atoms with E-state index in [9.17, 15) is 14.3 Å². The van der Waals surface area contributed by atoms with Gasteiger partial charge in [-0.1, -0.05) is 12.1 Å². The maximum Gasteiger partial charge on any atom is 1.00 e. The Morgan fingerprint density at radius 2 is 2.10 bits per heavy atom. The third-order valence-electron chi connectivity index (χ3n) is 2.24. The van der Waals surface area contributed by atoms with Crippen LogP contribution in [0.3, 0.4) is 0 Å². The predicted molar refractivity (Wildman–Crippen MR) is 62.3 cm³/mol. The zero-order valence-electron chi connectivity index (χ0n) is 10.9. The van der Waals surface area contributed by atoms with Crippen LogP contribution in [0, 0.1) is 5.82 Å². The summed E-state index contributed by atoms with van der Waals surface area (Å²) in [6.45, 7) is 0. The van der Waals surface area contributed by atoms with Crippen molar-refractivity contribution in [1.82, 2.24) is 20.4 Å². The molecule has 1 amide bonds. The normalized spacial score (nSPS) is 10.3. The standard InChI is InChI=1S/C11H10FN5O2.Na/c1-13-10(18)9-11(19)17(16-15-9)14-6-7-2-4-8(12)5-3-7;/h2-6,19H,1H3,(H,13,18);/q;+1/p-1. The molecule has 1 aromatic heterocycles. The summed E-state index contributed by atoms with van der Waals surface area (Å²) in [5.41, 5.74) is 0.247. The minimum absolute atomic E-state index is 0. The largest absolute Gasteiger partial charge is 1.00 e. The van der Waals surface area contributed by atoms with Gasteiger partial charge in [0.05, 0.1) is 6.21 Å². The Morgan fingerprint density at radius 3 is 2.70 bits per heavy atom. The quantitative estimate of drug-likeness (QED) is 0.473. The fourth-order valence-corrected chi connectivity index (χ4v) is 1.27. The van der Waals surface area contributed by atoms with Crippen LogP contribution >= 0.6 is 0 Å². The van der Waals surface area contributed by atoms with Gasteiger partial charge in [0.15, 0.2) is 5.69 Å². The van der Waals surface area contributed by atoms with Gasteiger partial charge < -0.3 is 10.4 Å². The summed E-state index contributed by atoms with van der Waals surface area (Å²) in [6.07, 6.45) is 1.31. The number of rotatable bonds is 3. The molecule has 0 aliphatic heterocycles. The van der Waals surface area contributed by atoms with Crippen molar-refractivity contribution in [1.29, 1.82) is 0 Å². The molecule has 0 atom stereocenters. The van der Waals surface area contributed by atoms with Gasteiger partial charge >= 0.3 is 29.6 Å². The Labute approximate surface area is 135 Å². The zero-order valence-corrected chi connectivity index (χ0v) is 12.9. The molecule has 0 spiro atoms. The first-order chi connectivity index (χ1) is 9.11. The van der Waals surface area contributed by atoms with Gasteiger partial charge in [-0.25, -0.2) is 4.39 Å². The van der Waals surface area contributed by atoms with E-state index in [-0.39, 0.29) is 41.1 Å². The van der Waals surface area contributed by atoms with E-state index in [1.54, 1.807) is 0 Å². The van der Waals surface area contributed by atoms with Crippen LogP contribution in [0.15, 0.2) is 29.4 Å². The molecule has 0 saturated heterocycles. The predicted octanol–water partition coefficient (Wildman–Crippen LogP) is -3.26. The van der Waals surface area contributed by atoms with Crippen molar-refractivity contribution >= 4 is 12.1 Å².